The number of hydrogen-bond donors (Lipinski definition) is 1. The Hall–Kier alpha value is -3.40. The summed E-state index contributed by atoms with van der Waals surface area (Å²) in [6.07, 6.45) is 0.352. The average molecular weight is 373 g/mol. The van der Waals surface area contributed by atoms with Crippen LogP contribution in [0.15, 0.2) is 65.1 Å². The molecule has 0 aliphatic carbocycles. The number of rotatable bonds is 4. The molecule has 0 unspecified atom stereocenters. The van der Waals surface area contributed by atoms with E-state index in [9.17, 15) is 9.18 Å². The van der Waals surface area contributed by atoms with Gasteiger partial charge < -0.3 is 10.2 Å². The lowest BCUT2D eigenvalue weighted by atomic mass is 9.95. The van der Waals surface area contributed by atoms with Gasteiger partial charge in [0.1, 0.15) is 17.2 Å². The van der Waals surface area contributed by atoms with Crippen molar-refractivity contribution in [3.05, 3.63) is 77.6 Å². The molecule has 0 saturated heterocycles. The van der Waals surface area contributed by atoms with E-state index in [2.05, 4.69) is 0 Å². The van der Waals surface area contributed by atoms with Crippen molar-refractivity contribution in [3.63, 3.8) is 0 Å². The number of nitrogen functional groups attached to an aromatic ring is 1. The standard InChI is InChI=1S/C24H20FNO2/c1-3-21(27)23-20-12-16(19-13-18(26)10-4-14(19)2)7-11-22(20)28-24(23)15-5-8-17(25)9-6-15/h4-13H,3,26H2,1-2H3. The second kappa shape index (κ2) is 6.97. The Morgan fingerprint density at radius 3 is 2.43 bits per heavy atom. The van der Waals surface area contributed by atoms with Crippen LogP contribution in [-0.4, -0.2) is 5.78 Å². The van der Waals surface area contributed by atoms with Crippen molar-refractivity contribution in [1.82, 2.24) is 0 Å². The Morgan fingerprint density at radius 1 is 1.00 bits per heavy atom. The average Bonchev–Trinajstić information content (AvgIpc) is 3.08. The summed E-state index contributed by atoms with van der Waals surface area (Å²) >= 11 is 0. The molecule has 0 saturated carbocycles. The summed E-state index contributed by atoms with van der Waals surface area (Å²) < 4.78 is 19.4. The zero-order chi connectivity index (χ0) is 19.8. The lowest BCUT2D eigenvalue weighted by molar-refractivity contribution is 0.0989. The third-order valence-corrected chi connectivity index (χ3v) is 4.97. The predicted molar refractivity (Wildman–Crippen MR) is 111 cm³/mol. The summed E-state index contributed by atoms with van der Waals surface area (Å²) in [5.74, 6) is 0.130. The zero-order valence-corrected chi connectivity index (χ0v) is 15.8. The molecule has 140 valence electrons. The van der Waals surface area contributed by atoms with Gasteiger partial charge in [-0.15, -0.1) is 0 Å². The van der Waals surface area contributed by atoms with Crippen LogP contribution in [0, 0.1) is 12.7 Å². The molecule has 0 fully saturated rings. The zero-order valence-electron chi connectivity index (χ0n) is 15.8. The monoisotopic (exact) mass is 373 g/mol. The Bertz CT molecular complexity index is 1190. The second-order valence-corrected chi connectivity index (χ2v) is 6.88. The van der Waals surface area contributed by atoms with Crippen molar-refractivity contribution in [1.29, 1.82) is 0 Å². The molecule has 3 aromatic carbocycles. The van der Waals surface area contributed by atoms with Crippen LogP contribution < -0.4 is 5.73 Å². The highest BCUT2D eigenvalue weighted by Crippen LogP contribution is 2.37. The Kier molecular flexibility index (Phi) is 4.47. The molecule has 1 heterocycles. The highest BCUT2D eigenvalue weighted by Gasteiger charge is 2.21. The first-order valence-corrected chi connectivity index (χ1v) is 9.20. The van der Waals surface area contributed by atoms with Crippen LogP contribution in [0.4, 0.5) is 10.1 Å². The van der Waals surface area contributed by atoms with Gasteiger partial charge >= 0.3 is 0 Å². The number of carbonyl (C=O) groups excluding carboxylic acids is 1. The van der Waals surface area contributed by atoms with E-state index in [1.165, 1.54) is 12.1 Å². The first-order valence-electron chi connectivity index (χ1n) is 9.20. The molecule has 28 heavy (non-hydrogen) atoms. The highest BCUT2D eigenvalue weighted by atomic mass is 19.1. The number of fused-ring (bicyclic) bond motifs is 1. The summed E-state index contributed by atoms with van der Waals surface area (Å²) in [4.78, 5) is 12.8. The number of halogens is 1. The number of nitrogens with two attached hydrogens (primary N) is 1. The van der Waals surface area contributed by atoms with Crippen LogP contribution in [0.3, 0.4) is 0 Å². The van der Waals surface area contributed by atoms with Gasteiger partial charge in [-0.25, -0.2) is 4.39 Å². The van der Waals surface area contributed by atoms with Crippen LogP contribution in [-0.2, 0) is 0 Å². The number of aryl methyl sites for hydroxylation is 1. The normalized spacial score (nSPS) is 11.1. The summed E-state index contributed by atoms with van der Waals surface area (Å²) in [7, 11) is 0. The summed E-state index contributed by atoms with van der Waals surface area (Å²) in [6, 6.07) is 17.6. The van der Waals surface area contributed by atoms with E-state index in [1.54, 1.807) is 12.1 Å². The molecule has 0 amide bonds. The van der Waals surface area contributed by atoms with Crippen LogP contribution in [0.2, 0.25) is 0 Å². The molecule has 4 aromatic rings. The number of anilines is 1. The number of benzene rings is 3. The number of Topliss-reactive ketones (excluding diaryl/α,β-unsaturated/α-hetero) is 1. The molecule has 0 aliphatic rings. The fourth-order valence-corrected chi connectivity index (χ4v) is 3.47. The minimum atomic E-state index is -0.331. The lowest BCUT2D eigenvalue weighted by Gasteiger charge is -2.08. The van der Waals surface area contributed by atoms with Crippen molar-refractivity contribution < 1.29 is 13.6 Å². The second-order valence-electron chi connectivity index (χ2n) is 6.88. The van der Waals surface area contributed by atoms with Gasteiger partial charge in [0.05, 0.1) is 5.56 Å². The summed E-state index contributed by atoms with van der Waals surface area (Å²) in [5, 5.41) is 0.755. The predicted octanol–water partition coefficient (Wildman–Crippen LogP) is 6.39. The molecule has 3 nitrogen and oxygen atoms in total. The van der Waals surface area contributed by atoms with Crippen molar-refractivity contribution in [2.24, 2.45) is 0 Å². The lowest BCUT2D eigenvalue weighted by Crippen LogP contribution is -1.98. The van der Waals surface area contributed by atoms with E-state index in [0.717, 1.165) is 22.1 Å². The Labute approximate surface area is 162 Å². The van der Waals surface area contributed by atoms with Gasteiger partial charge in [0.2, 0.25) is 0 Å². The summed E-state index contributed by atoms with van der Waals surface area (Å²) in [5.41, 5.74) is 11.6. The van der Waals surface area contributed by atoms with E-state index in [1.807, 2.05) is 50.2 Å². The number of hydrogen-bond acceptors (Lipinski definition) is 3. The van der Waals surface area contributed by atoms with Crippen molar-refractivity contribution in [2.45, 2.75) is 20.3 Å². The number of furan rings is 1. The summed E-state index contributed by atoms with van der Waals surface area (Å²) in [6.45, 7) is 3.85. The van der Waals surface area contributed by atoms with Gasteiger partial charge in [-0.3, -0.25) is 4.79 Å². The Morgan fingerprint density at radius 2 is 1.71 bits per heavy atom. The molecular weight excluding hydrogens is 353 g/mol. The first-order chi connectivity index (χ1) is 13.5. The van der Waals surface area contributed by atoms with E-state index in [4.69, 9.17) is 10.2 Å². The van der Waals surface area contributed by atoms with Crippen molar-refractivity contribution >= 4 is 22.4 Å². The first kappa shape index (κ1) is 18.0. The van der Waals surface area contributed by atoms with Gasteiger partial charge in [-0.05, 0) is 72.1 Å². The quantitative estimate of drug-likeness (QED) is 0.333. The number of carbonyl (C=O) groups is 1. The maximum atomic E-state index is 13.3. The van der Waals surface area contributed by atoms with E-state index in [0.29, 0.717) is 34.6 Å². The molecular formula is C24H20FNO2. The fourth-order valence-electron chi connectivity index (χ4n) is 3.47. The SMILES string of the molecule is CCC(=O)c1c(-c2ccc(F)cc2)oc2ccc(-c3cc(N)ccc3C)cc12. The minimum absolute atomic E-state index is 0.0143. The van der Waals surface area contributed by atoms with Crippen LogP contribution in [0.25, 0.3) is 33.4 Å². The molecule has 1 aromatic heterocycles. The maximum Gasteiger partial charge on any atom is 0.167 e. The van der Waals surface area contributed by atoms with E-state index >= 15 is 0 Å². The largest absolute Gasteiger partial charge is 0.455 e. The molecule has 4 rings (SSSR count). The van der Waals surface area contributed by atoms with Crippen molar-refractivity contribution in [2.75, 3.05) is 5.73 Å². The molecule has 2 N–H and O–H groups in total. The molecule has 0 aliphatic heterocycles. The van der Waals surface area contributed by atoms with Crippen LogP contribution in [0.1, 0.15) is 29.3 Å². The third-order valence-electron chi connectivity index (χ3n) is 4.97. The maximum absolute atomic E-state index is 13.3. The minimum Gasteiger partial charge on any atom is -0.455 e. The fraction of sp³-hybridized carbons (Fsp3) is 0.125. The number of ketones is 1. The highest BCUT2D eigenvalue weighted by molar-refractivity contribution is 6.12. The molecule has 0 spiro atoms. The van der Waals surface area contributed by atoms with Crippen LogP contribution in [0.5, 0.6) is 0 Å². The van der Waals surface area contributed by atoms with E-state index < -0.39 is 0 Å². The van der Waals surface area contributed by atoms with Gasteiger partial charge in [0.15, 0.2) is 5.78 Å². The molecule has 0 atom stereocenters. The van der Waals surface area contributed by atoms with Gasteiger partial charge in [0.25, 0.3) is 0 Å². The smallest absolute Gasteiger partial charge is 0.167 e. The molecule has 0 bridgehead atoms. The van der Waals surface area contributed by atoms with Crippen molar-refractivity contribution in [3.8, 4) is 22.5 Å². The third kappa shape index (κ3) is 3.07. The Balaban J connectivity index is 1.97. The molecule has 4 heteroatoms. The van der Waals surface area contributed by atoms with Gasteiger partial charge in [-0.1, -0.05) is 19.1 Å². The topological polar surface area (TPSA) is 56.2 Å². The van der Waals surface area contributed by atoms with E-state index in [-0.39, 0.29) is 11.6 Å². The van der Waals surface area contributed by atoms with Gasteiger partial charge in [-0.2, -0.15) is 0 Å². The molecule has 0 radical (unpaired) electrons. The van der Waals surface area contributed by atoms with Crippen LogP contribution >= 0.6 is 0 Å². The van der Waals surface area contributed by atoms with Gasteiger partial charge in [0, 0.05) is 23.1 Å².